The Morgan fingerprint density at radius 2 is 1.82 bits per heavy atom. The van der Waals surface area contributed by atoms with Crippen LogP contribution >= 0.6 is 0 Å². The van der Waals surface area contributed by atoms with E-state index in [0.717, 1.165) is 30.1 Å². The molecule has 0 bridgehead atoms. The molecule has 0 aromatic heterocycles. The number of nitrogens with zero attached hydrogens (tertiary/aromatic N) is 1. The summed E-state index contributed by atoms with van der Waals surface area (Å²) < 4.78 is 5.36. The minimum Gasteiger partial charge on any atom is -0.496 e. The van der Waals surface area contributed by atoms with Gasteiger partial charge in [-0.25, -0.2) is 0 Å². The first kappa shape index (κ1) is 13.8. The van der Waals surface area contributed by atoms with Gasteiger partial charge in [0.1, 0.15) is 5.75 Å². The Morgan fingerprint density at radius 3 is 2.24 bits per heavy atom. The predicted octanol–water partition coefficient (Wildman–Crippen LogP) is 2.77. The van der Waals surface area contributed by atoms with Gasteiger partial charge in [0, 0.05) is 30.4 Å². The summed E-state index contributed by atoms with van der Waals surface area (Å²) in [6, 6.07) is 5.95. The molecule has 1 aromatic carbocycles. The van der Waals surface area contributed by atoms with Crippen molar-refractivity contribution in [3.63, 3.8) is 0 Å². The smallest absolute Gasteiger partial charge is 0.126 e. The molecule has 0 amide bonds. The fourth-order valence-electron chi connectivity index (χ4n) is 1.97. The lowest BCUT2D eigenvalue weighted by molar-refractivity contribution is 0.0757. The Bertz CT molecular complexity index is 365. The summed E-state index contributed by atoms with van der Waals surface area (Å²) in [6.45, 7) is 9.70. The maximum atomic E-state index is 10.1. The van der Waals surface area contributed by atoms with Gasteiger partial charge >= 0.3 is 0 Å². The van der Waals surface area contributed by atoms with E-state index in [0.29, 0.717) is 0 Å². The van der Waals surface area contributed by atoms with E-state index in [1.54, 1.807) is 21.0 Å². The number of anilines is 1. The second-order valence-electron chi connectivity index (χ2n) is 4.62. The van der Waals surface area contributed by atoms with E-state index in [1.165, 1.54) is 0 Å². The second kappa shape index (κ2) is 5.41. The SMILES string of the molecule is CCN(CC)c1ccc(C(C)(C)O)c(OC)c1. The molecule has 1 rings (SSSR count). The van der Waals surface area contributed by atoms with Gasteiger partial charge < -0.3 is 14.7 Å². The molecule has 0 fully saturated rings. The topological polar surface area (TPSA) is 32.7 Å². The van der Waals surface area contributed by atoms with Crippen LogP contribution in [0.5, 0.6) is 5.75 Å². The number of ether oxygens (including phenoxy) is 1. The Balaban J connectivity index is 3.17. The van der Waals surface area contributed by atoms with Crippen LogP contribution in [0.1, 0.15) is 33.3 Å². The zero-order chi connectivity index (χ0) is 13.1. The van der Waals surface area contributed by atoms with E-state index in [9.17, 15) is 5.11 Å². The number of hydrogen-bond acceptors (Lipinski definition) is 3. The van der Waals surface area contributed by atoms with Gasteiger partial charge in [-0.15, -0.1) is 0 Å². The van der Waals surface area contributed by atoms with Crippen molar-refractivity contribution in [3.05, 3.63) is 23.8 Å². The minimum absolute atomic E-state index is 0.738. The van der Waals surface area contributed by atoms with E-state index in [4.69, 9.17) is 4.74 Å². The van der Waals surface area contributed by atoms with Gasteiger partial charge in [0.05, 0.1) is 12.7 Å². The molecule has 0 radical (unpaired) electrons. The van der Waals surface area contributed by atoms with Crippen LogP contribution in [0.4, 0.5) is 5.69 Å². The summed E-state index contributed by atoms with van der Waals surface area (Å²) in [5.41, 5.74) is 1.06. The Hall–Kier alpha value is -1.22. The molecule has 0 aliphatic heterocycles. The zero-order valence-corrected chi connectivity index (χ0v) is 11.4. The summed E-state index contributed by atoms with van der Waals surface area (Å²) in [4.78, 5) is 2.25. The number of rotatable bonds is 5. The molecule has 1 aromatic rings. The average Bonchev–Trinajstić information content (AvgIpc) is 2.29. The van der Waals surface area contributed by atoms with Crippen molar-refractivity contribution in [2.45, 2.75) is 33.3 Å². The zero-order valence-electron chi connectivity index (χ0n) is 11.4. The first-order chi connectivity index (χ1) is 7.93. The van der Waals surface area contributed by atoms with Crippen LogP contribution in [-0.2, 0) is 5.60 Å². The van der Waals surface area contributed by atoms with Crippen molar-refractivity contribution >= 4 is 5.69 Å². The van der Waals surface area contributed by atoms with E-state index in [-0.39, 0.29) is 0 Å². The summed E-state index contributed by atoms with van der Waals surface area (Å²) in [5, 5.41) is 10.1. The molecule has 0 aliphatic carbocycles. The maximum Gasteiger partial charge on any atom is 0.126 e. The summed E-state index contributed by atoms with van der Waals surface area (Å²) in [6.07, 6.45) is 0. The average molecular weight is 237 g/mol. The second-order valence-corrected chi connectivity index (χ2v) is 4.62. The summed E-state index contributed by atoms with van der Waals surface area (Å²) in [5.74, 6) is 0.738. The highest BCUT2D eigenvalue weighted by Gasteiger charge is 2.21. The van der Waals surface area contributed by atoms with Crippen LogP contribution in [0, 0.1) is 0 Å². The minimum atomic E-state index is -0.882. The number of benzene rings is 1. The van der Waals surface area contributed by atoms with Crippen molar-refractivity contribution in [3.8, 4) is 5.75 Å². The molecule has 17 heavy (non-hydrogen) atoms. The largest absolute Gasteiger partial charge is 0.496 e. The molecule has 0 unspecified atom stereocenters. The lowest BCUT2D eigenvalue weighted by Crippen LogP contribution is -2.22. The maximum absolute atomic E-state index is 10.1. The van der Waals surface area contributed by atoms with Crippen molar-refractivity contribution in [1.29, 1.82) is 0 Å². The fourth-order valence-corrected chi connectivity index (χ4v) is 1.97. The van der Waals surface area contributed by atoms with Gasteiger partial charge in [0.2, 0.25) is 0 Å². The van der Waals surface area contributed by atoms with Gasteiger partial charge in [0.15, 0.2) is 0 Å². The lowest BCUT2D eigenvalue weighted by Gasteiger charge is -2.25. The third-order valence-electron chi connectivity index (χ3n) is 2.97. The van der Waals surface area contributed by atoms with Crippen LogP contribution in [0.25, 0.3) is 0 Å². The Morgan fingerprint density at radius 1 is 1.24 bits per heavy atom. The first-order valence-corrected chi connectivity index (χ1v) is 6.09. The monoisotopic (exact) mass is 237 g/mol. The third-order valence-corrected chi connectivity index (χ3v) is 2.97. The highest BCUT2D eigenvalue weighted by molar-refractivity contribution is 5.54. The number of methoxy groups -OCH3 is 1. The molecular formula is C14H23NO2. The van der Waals surface area contributed by atoms with Gasteiger partial charge in [-0.05, 0) is 33.8 Å². The van der Waals surface area contributed by atoms with Gasteiger partial charge in [-0.2, -0.15) is 0 Å². The van der Waals surface area contributed by atoms with Gasteiger partial charge in [0.25, 0.3) is 0 Å². The standard InChI is InChI=1S/C14H23NO2/c1-6-15(7-2)11-8-9-12(14(3,4)16)13(10-11)17-5/h8-10,16H,6-7H2,1-5H3. The Kier molecular flexibility index (Phi) is 4.40. The van der Waals surface area contributed by atoms with Crippen LogP contribution < -0.4 is 9.64 Å². The first-order valence-electron chi connectivity index (χ1n) is 6.09. The van der Waals surface area contributed by atoms with Crippen molar-refractivity contribution in [2.24, 2.45) is 0 Å². The van der Waals surface area contributed by atoms with Gasteiger partial charge in [-0.3, -0.25) is 0 Å². The van der Waals surface area contributed by atoms with E-state index < -0.39 is 5.60 Å². The number of hydrogen-bond donors (Lipinski definition) is 1. The molecule has 1 N–H and O–H groups in total. The highest BCUT2D eigenvalue weighted by Crippen LogP contribution is 2.32. The Labute approximate surface area is 104 Å². The van der Waals surface area contributed by atoms with Crippen LogP contribution in [0.15, 0.2) is 18.2 Å². The predicted molar refractivity (Wildman–Crippen MR) is 71.8 cm³/mol. The van der Waals surface area contributed by atoms with Crippen molar-refractivity contribution < 1.29 is 9.84 Å². The van der Waals surface area contributed by atoms with Crippen molar-refractivity contribution in [2.75, 3.05) is 25.1 Å². The fraction of sp³-hybridized carbons (Fsp3) is 0.571. The molecule has 0 spiro atoms. The summed E-state index contributed by atoms with van der Waals surface area (Å²) >= 11 is 0. The third kappa shape index (κ3) is 3.13. The molecule has 0 aliphatic rings. The molecule has 3 heteroatoms. The molecular weight excluding hydrogens is 214 g/mol. The van der Waals surface area contributed by atoms with Crippen LogP contribution in [0.2, 0.25) is 0 Å². The molecule has 0 saturated heterocycles. The van der Waals surface area contributed by atoms with E-state index in [1.807, 2.05) is 18.2 Å². The summed E-state index contributed by atoms with van der Waals surface area (Å²) in [7, 11) is 1.64. The quantitative estimate of drug-likeness (QED) is 0.854. The van der Waals surface area contributed by atoms with E-state index >= 15 is 0 Å². The van der Waals surface area contributed by atoms with Gasteiger partial charge in [-0.1, -0.05) is 6.07 Å². The van der Waals surface area contributed by atoms with Crippen molar-refractivity contribution in [1.82, 2.24) is 0 Å². The molecule has 0 atom stereocenters. The van der Waals surface area contributed by atoms with Crippen LogP contribution in [0.3, 0.4) is 0 Å². The van der Waals surface area contributed by atoms with E-state index in [2.05, 4.69) is 18.7 Å². The normalized spacial score (nSPS) is 11.4. The molecule has 0 saturated carbocycles. The van der Waals surface area contributed by atoms with Crippen LogP contribution in [-0.4, -0.2) is 25.3 Å². The highest BCUT2D eigenvalue weighted by atomic mass is 16.5. The lowest BCUT2D eigenvalue weighted by atomic mass is 9.97. The number of aliphatic hydroxyl groups is 1. The molecule has 96 valence electrons. The molecule has 0 heterocycles. The molecule has 3 nitrogen and oxygen atoms in total.